The van der Waals surface area contributed by atoms with Crippen LogP contribution in [0.4, 0.5) is 0 Å². The first-order valence-corrected chi connectivity index (χ1v) is 25.0. The van der Waals surface area contributed by atoms with E-state index in [2.05, 4.69) is 31.3 Å². The van der Waals surface area contributed by atoms with Crippen LogP contribution in [0.2, 0.25) is 0 Å². The molecular weight excluding hydrogens is 707 g/mol. The van der Waals surface area contributed by atoms with Gasteiger partial charge in [0.1, 0.15) is 0 Å². The third-order valence-electron chi connectivity index (χ3n) is 10.5. The number of aliphatic hydroxyl groups is 1. The Balaban J connectivity index is 4.07. The van der Waals surface area contributed by atoms with Crippen molar-refractivity contribution in [2.45, 2.75) is 244 Å². The van der Waals surface area contributed by atoms with E-state index in [1.54, 1.807) is 6.08 Å². The Morgan fingerprint density at radius 2 is 0.945 bits per heavy atom. The van der Waals surface area contributed by atoms with Crippen LogP contribution in [0.1, 0.15) is 232 Å². The number of aliphatic hydroxyl groups excluding tert-OH is 1. The molecule has 0 fully saturated rings. The van der Waals surface area contributed by atoms with Gasteiger partial charge in [-0.2, -0.15) is 0 Å². The second kappa shape index (κ2) is 42.6. The topological polar surface area (TPSA) is 131 Å². The highest BCUT2D eigenvalue weighted by Crippen LogP contribution is 2.43. The van der Waals surface area contributed by atoms with Gasteiger partial charge in [0.25, 0.3) is 0 Å². The zero-order valence-corrected chi connectivity index (χ0v) is 37.1. The molecule has 0 aromatic carbocycles. The molecule has 0 heterocycles. The number of hydrogen-bond acceptors (Lipinski definition) is 6. The molecule has 5 N–H and O–H groups in total. The fourth-order valence-corrected chi connectivity index (χ4v) is 7.71. The van der Waals surface area contributed by atoms with Gasteiger partial charge in [0.2, 0.25) is 5.91 Å². The van der Waals surface area contributed by atoms with Gasteiger partial charge in [-0.15, -0.1) is 0 Å². The van der Waals surface area contributed by atoms with E-state index in [1.165, 1.54) is 173 Å². The smallest absolute Gasteiger partial charge is 0.387 e. The van der Waals surface area contributed by atoms with Gasteiger partial charge in [-0.05, 0) is 44.9 Å². The number of phosphoric acid groups is 1. The van der Waals surface area contributed by atoms with Crippen LogP contribution < -0.4 is 11.1 Å². The number of rotatable bonds is 44. The molecule has 0 radical (unpaired) electrons. The first-order chi connectivity index (χ1) is 26.9. The van der Waals surface area contributed by atoms with Crippen LogP contribution in [0.25, 0.3) is 0 Å². The maximum atomic E-state index is 12.8. The largest absolute Gasteiger partial charge is 0.472 e. The van der Waals surface area contributed by atoms with Crippen LogP contribution in [0, 0.1) is 0 Å². The maximum Gasteiger partial charge on any atom is 0.472 e. The number of carbonyl (C=O) groups excluding carboxylic acids is 1. The number of nitrogens with one attached hydrogen (secondary N) is 1. The molecule has 1 amide bonds. The van der Waals surface area contributed by atoms with E-state index < -0.39 is 20.0 Å². The SMILES string of the molecule is CCCCCCCCCC/C=C\CCCCCCCCCCCCCC(=O)NC(COP(=O)(O)OCCN)C(O)/C=C/CCCCCCCCCCCCC. The first-order valence-electron chi connectivity index (χ1n) is 23.5. The highest BCUT2D eigenvalue weighted by molar-refractivity contribution is 7.47. The third-order valence-corrected chi connectivity index (χ3v) is 11.5. The number of nitrogens with two attached hydrogens (primary N) is 1. The van der Waals surface area contributed by atoms with Crippen molar-refractivity contribution in [1.29, 1.82) is 0 Å². The van der Waals surface area contributed by atoms with Crippen LogP contribution >= 0.6 is 7.82 Å². The van der Waals surface area contributed by atoms with Crippen LogP contribution in [-0.4, -0.2) is 47.8 Å². The zero-order chi connectivity index (χ0) is 40.3. The fraction of sp³-hybridized carbons (Fsp3) is 0.891. The standard InChI is InChI=1S/C46H91N2O6P/c1-3-5-7-9-11-13-15-17-18-19-20-21-22-23-24-25-26-28-30-32-34-36-38-40-46(50)48-44(43-54-55(51,52)53-42-41-47)45(49)39-37-35-33-31-29-27-16-14-12-10-8-6-4-2/h19-20,37,39,44-45,49H,3-18,21-36,38,40-43,47H2,1-2H3,(H,48,50)(H,51,52)/b20-19-,39-37+. The van der Waals surface area contributed by atoms with Crippen molar-refractivity contribution >= 4 is 13.7 Å². The zero-order valence-electron chi connectivity index (χ0n) is 36.2. The molecule has 3 atom stereocenters. The molecule has 3 unspecified atom stereocenters. The van der Waals surface area contributed by atoms with Gasteiger partial charge in [0.15, 0.2) is 0 Å². The number of phosphoric ester groups is 1. The minimum absolute atomic E-state index is 0.0796. The Hall–Kier alpha value is -1.02. The maximum absolute atomic E-state index is 12.8. The summed E-state index contributed by atoms with van der Waals surface area (Å²) in [6.07, 6.45) is 49.5. The summed E-state index contributed by atoms with van der Waals surface area (Å²) in [6.45, 7) is 4.15. The average molecular weight is 799 g/mol. The van der Waals surface area contributed by atoms with E-state index in [1.807, 2.05) is 6.08 Å². The highest BCUT2D eigenvalue weighted by atomic mass is 31.2. The van der Waals surface area contributed by atoms with Gasteiger partial charge in [-0.3, -0.25) is 13.8 Å². The van der Waals surface area contributed by atoms with Gasteiger partial charge in [-0.1, -0.05) is 205 Å². The predicted octanol–water partition coefficient (Wildman–Crippen LogP) is 13.3. The molecule has 0 spiro atoms. The molecule has 55 heavy (non-hydrogen) atoms. The summed E-state index contributed by atoms with van der Waals surface area (Å²) in [5, 5.41) is 13.7. The quantitative estimate of drug-likeness (QED) is 0.0274. The molecule has 0 saturated carbocycles. The minimum Gasteiger partial charge on any atom is -0.387 e. The highest BCUT2D eigenvalue weighted by Gasteiger charge is 2.26. The molecule has 0 bridgehead atoms. The lowest BCUT2D eigenvalue weighted by Gasteiger charge is -2.23. The van der Waals surface area contributed by atoms with Gasteiger partial charge >= 0.3 is 7.82 Å². The molecule has 0 rings (SSSR count). The lowest BCUT2D eigenvalue weighted by molar-refractivity contribution is -0.123. The van der Waals surface area contributed by atoms with Crippen molar-refractivity contribution in [1.82, 2.24) is 5.32 Å². The predicted molar refractivity (Wildman–Crippen MR) is 235 cm³/mol. The summed E-state index contributed by atoms with van der Waals surface area (Å²) < 4.78 is 22.1. The van der Waals surface area contributed by atoms with Gasteiger partial charge in [-0.25, -0.2) is 4.57 Å². The van der Waals surface area contributed by atoms with Crippen molar-refractivity contribution in [3.05, 3.63) is 24.3 Å². The molecular formula is C46H91N2O6P. The van der Waals surface area contributed by atoms with E-state index in [-0.39, 0.29) is 25.7 Å². The molecule has 8 nitrogen and oxygen atoms in total. The summed E-state index contributed by atoms with van der Waals surface area (Å²) in [5.74, 6) is -0.193. The lowest BCUT2D eigenvalue weighted by Crippen LogP contribution is -2.45. The molecule has 0 aliphatic carbocycles. The van der Waals surface area contributed by atoms with Crippen molar-refractivity contribution in [3.63, 3.8) is 0 Å². The van der Waals surface area contributed by atoms with E-state index in [9.17, 15) is 19.4 Å². The Morgan fingerprint density at radius 1 is 0.582 bits per heavy atom. The summed E-state index contributed by atoms with van der Waals surface area (Å²) in [7, 11) is -4.34. The van der Waals surface area contributed by atoms with Crippen LogP contribution in [0.15, 0.2) is 24.3 Å². The van der Waals surface area contributed by atoms with Crippen molar-refractivity contribution < 1.29 is 28.4 Å². The fourth-order valence-electron chi connectivity index (χ4n) is 6.95. The van der Waals surface area contributed by atoms with Crippen molar-refractivity contribution in [2.75, 3.05) is 19.8 Å². The summed E-state index contributed by atoms with van der Waals surface area (Å²) >= 11 is 0. The van der Waals surface area contributed by atoms with Crippen molar-refractivity contribution in [2.24, 2.45) is 5.73 Å². The Kier molecular flexibility index (Phi) is 41.8. The lowest BCUT2D eigenvalue weighted by atomic mass is 10.0. The molecule has 326 valence electrons. The van der Waals surface area contributed by atoms with Crippen LogP contribution in [-0.2, 0) is 18.4 Å². The first kappa shape index (κ1) is 54.0. The summed E-state index contributed by atoms with van der Waals surface area (Å²) in [6, 6.07) is -0.857. The Labute approximate surface area is 340 Å². The second-order valence-corrected chi connectivity index (χ2v) is 17.4. The Morgan fingerprint density at radius 3 is 1.35 bits per heavy atom. The normalized spacial score (nSPS) is 14.2. The van der Waals surface area contributed by atoms with E-state index in [0.717, 1.165) is 38.5 Å². The number of hydrogen-bond donors (Lipinski definition) is 4. The molecule has 0 aromatic rings. The van der Waals surface area contributed by atoms with E-state index in [4.69, 9.17) is 14.8 Å². The monoisotopic (exact) mass is 799 g/mol. The number of carbonyl (C=O) groups is 1. The van der Waals surface area contributed by atoms with E-state index >= 15 is 0 Å². The van der Waals surface area contributed by atoms with Gasteiger partial charge in [0.05, 0.1) is 25.4 Å². The Bertz CT molecular complexity index is 917. The van der Waals surface area contributed by atoms with Crippen LogP contribution in [0.3, 0.4) is 0 Å². The van der Waals surface area contributed by atoms with E-state index in [0.29, 0.717) is 6.42 Å². The van der Waals surface area contributed by atoms with Crippen molar-refractivity contribution in [3.8, 4) is 0 Å². The molecule has 0 aliphatic rings. The van der Waals surface area contributed by atoms with Crippen LogP contribution in [0.5, 0.6) is 0 Å². The molecule has 9 heteroatoms. The molecule has 0 saturated heterocycles. The second-order valence-electron chi connectivity index (χ2n) is 16.0. The minimum atomic E-state index is -4.34. The third kappa shape index (κ3) is 41.0. The molecule has 0 aliphatic heterocycles. The number of amides is 1. The number of allylic oxidation sites excluding steroid dienone is 3. The number of unbranched alkanes of at least 4 members (excludes halogenated alkanes) is 30. The van der Waals surface area contributed by atoms with Gasteiger partial charge in [0, 0.05) is 13.0 Å². The summed E-state index contributed by atoms with van der Waals surface area (Å²) in [4.78, 5) is 22.7. The summed E-state index contributed by atoms with van der Waals surface area (Å²) in [5.41, 5.74) is 5.38. The van der Waals surface area contributed by atoms with Gasteiger partial charge < -0.3 is 21.1 Å². The average Bonchev–Trinajstić information content (AvgIpc) is 3.17. The molecule has 0 aromatic heterocycles.